The monoisotopic (exact) mass is 194 g/mol. The maximum Gasteiger partial charge on any atom is 0.165 e. The van der Waals surface area contributed by atoms with Crippen molar-refractivity contribution in [3.63, 3.8) is 0 Å². The molecule has 1 aromatic carbocycles. The van der Waals surface area contributed by atoms with E-state index in [1.165, 1.54) is 13.2 Å². The lowest BCUT2D eigenvalue weighted by atomic mass is 9.79. The van der Waals surface area contributed by atoms with Crippen molar-refractivity contribution in [1.29, 1.82) is 0 Å². The number of methoxy groups -OCH3 is 1. The minimum absolute atomic E-state index is 0.211. The van der Waals surface area contributed by atoms with Crippen molar-refractivity contribution in [2.75, 3.05) is 7.11 Å². The summed E-state index contributed by atoms with van der Waals surface area (Å²) in [6.07, 6.45) is 1.09. The first-order valence-electron chi connectivity index (χ1n) is 4.56. The fourth-order valence-corrected chi connectivity index (χ4v) is 1.66. The number of hydrogen-bond donors (Lipinski definition) is 0. The summed E-state index contributed by atoms with van der Waals surface area (Å²) in [6.45, 7) is 0. The molecule has 1 fully saturated rings. The first-order valence-corrected chi connectivity index (χ1v) is 4.56. The summed E-state index contributed by atoms with van der Waals surface area (Å²) in [4.78, 5) is 10.8. The molecule has 2 nitrogen and oxygen atoms in total. The second kappa shape index (κ2) is 3.40. The van der Waals surface area contributed by atoms with Crippen LogP contribution >= 0.6 is 0 Å². The number of Topliss-reactive ketones (excluding diaryl/α,β-unsaturated/α-hetero) is 1. The summed E-state index contributed by atoms with van der Waals surface area (Å²) >= 11 is 0. The predicted octanol–water partition coefficient (Wildman–Crippen LogP) is 2.28. The number of carbonyl (C=O) groups excluding carboxylic acids is 1. The van der Waals surface area contributed by atoms with E-state index < -0.39 is 0 Å². The molecule has 3 heteroatoms. The molecular formula is C11H11FO2. The van der Waals surface area contributed by atoms with Gasteiger partial charge in [0.25, 0.3) is 0 Å². The molecular weight excluding hydrogens is 183 g/mol. The van der Waals surface area contributed by atoms with Crippen molar-refractivity contribution < 1.29 is 13.9 Å². The predicted molar refractivity (Wildman–Crippen MR) is 49.9 cm³/mol. The second-order valence-electron chi connectivity index (χ2n) is 3.54. The molecule has 0 N–H and O–H groups in total. The molecule has 74 valence electrons. The molecule has 0 saturated heterocycles. The van der Waals surface area contributed by atoms with Gasteiger partial charge in [0.15, 0.2) is 11.6 Å². The summed E-state index contributed by atoms with van der Waals surface area (Å²) in [5, 5.41) is 0. The van der Waals surface area contributed by atoms with Crippen molar-refractivity contribution in [1.82, 2.24) is 0 Å². The van der Waals surface area contributed by atoms with Crippen LogP contribution in [0, 0.1) is 5.82 Å². The standard InChI is InChI=1S/C11H11FO2/c1-14-11-3-2-7(6-10(11)12)8-4-9(13)5-8/h2-3,6,8H,4-5H2,1H3. The third-order valence-electron chi connectivity index (χ3n) is 2.60. The molecule has 0 aliphatic heterocycles. The Morgan fingerprint density at radius 1 is 1.43 bits per heavy atom. The third kappa shape index (κ3) is 1.50. The molecule has 0 spiro atoms. The number of carbonyl (C=O) groups is 1. The van der Waals surface area contributed by atoms with E-state index in [4.69, 9.17) is 4.74 Å². The molecule has 14 heavy (non-hydrogen) atoms. The smallest absolute Gasteiger partial charge is 0.165 e. The highest BCUT2D eigenvalue weighted by atomic mass is 19.1. The number of benzene rings is 1. The lowest BCUT2D eigenvalue weighted by Crippen LogP contribution is -2.21. The van der Waals surface area contributed by atoms with E-state index in [1.54, 1.807) is 6.07 Å². The zero-order valence-corrected chi connectivity index (χ0v) is 7.92. The average Bonchev–Trinajstić information content (AvgIpc) is 2.13. The maximum absolute atomic E-state index is 13.3. The fourth-order valence-electron chi connectivity index (χ4n) is 1.66. The Labute approximate surface area is 81.7 Å². The van der Waals surface area contributed by atoms with E-state index in [2.05, 4.69) is 0 Å². The van der Waals surface area contributed by atoms with Crippen molar-refractivity contribution in [3.05, 3.63) is 29.6 Å². The molecule has 0 atom stereocenters. The summed E-state index contributed by atoms with van der Waals surface area (Å²) in [5.74, 6) is 0.359. The van der Waals surface area contributed by atoms with Crippen LogP contribution in [0.2, 0.25) is 0 Å². The van der Waals surface area contributed by atoms with Gasteiger partial charge in [-0.3, -0.25) is 4.79 Å². The molecule has 0 amide bonds. The highest BCUT2D eigenvalue weighted by Crippen LogP contribution is 2.35. The quantitative estimate of drug-likeness (QED) is 0.722. The van der Waals surface area contributed by atoms with Crippen molar-refractivity contribution in [3.8, 4) is 5.75 Å². The topological polar surface area (TPSA) is 26.3 Å². The van der Waals surface area contributed by atoms with Crippen molar-refractivity contribution >= 4 is 5.78 Å². The van der Waals surface area contributed by atoms with E-state index in [0.29, 0.717) is 12.8 Å². The Bertz CT molecular complexity index is 366. The number of ketones is 1. The van der Waals surface area contributed by atoms with Gasteiger partial charge in [-0.05, 0) is 23.6 Å². The summed E-state index contributed by atoms with van der Waals surface area (Å²) in [5.41, 5.74) is 0.892. The second-order valence-corrected chi connectivity index (χ2v) is 3.54. The lowest BCUT2D eigenvalue weighted by Gasteiger charge is -2.24. The molecule has 1 aliphatic carbocycles. The van der Waals surface area contributed by atoms with E-state index in [9.17, 15) is 9.18 Å². The Kier molecular flexibility index (Phi) is 2.23. The van der Waals surface area contributed by atoms with E-state index in [1.807, 2.05) is 6.07 Å². The summed E-state index contributed by atoms with van der Waals surface area (Å²) < 4.78 is 18.1. The maximum atomic E-state index is 13.3. The molecule has 2 rings (SSSR count). The van der Waals surface area contributed by atoms with Gasteiger partial charge in [0.2, 0.25) is 0 Å². The average molecular weight is 194 g/mol. The van der Waals surface area contributed by atoms with Crippen LogP contribution in [0.4, 0.5) is 4.39 Å². The van der Waals surface area contributed by atoms with Crippen LogP contribution in [0.25, 0.3) is 0 Å². The normalized spacial score (nSPS) is 16.6. The van der Waals surface area contributed by atoms with Crippen molar-refractivity contribution in [2.24, 2.45) is 0 Å². The zero-order chi connectivity index (χ0) is 10.1. The molecule has 1 aliphatic rings. The van der Waals surface area contributed by atoms with Crippen molar-refractivity contribution in [2.45, 2.75) is 18.8 Å². The van der Waals surface area contributed by atoms with Crippen LogP contribution < -0.4 is 4.74 Å². The van der Waals surface area contributed by atoms with Gasteiger partial charge in [-0.1, -0.05) is 6.07 Å². The fraction of sp³-hybridized carbons (Fsp3) is 0.364. The van der Waals surface area contributed by atoms with Crippen LogP contribution in [0.3, 0.4) is 0 Å². The van der Waals surface area contributed by atoms with Gasteiger partial charge in [0.05, 0.1) is 7.11 Å². The molecule has 0 aromatic heterocycles. The first kappa shape index (κ1) is 9.19. The Morgan fingerprint density at radius 3 is 2.64 bits per heavy atom. The SMILES string of the molecule is COc1ccc(C2CC(=O)C2)cc1F. The van der Waals surface area contributed by atoms with Gasteiger partial charge in [-0.25, -0.2) is 4.39 Å². The summed E-state index contributed by atoms with van der Waals surface area (Å²) in [6, 6.07) is 4.88. The van der Waals surface area contributed by atoms with Crippen LogP contribution in [-0.2, 0) is 4.79 Å². The number of hydrogen-bond acceptors (Lipinski definition) is 2. The Morgan fingerprint density at radius 2 is 2.14 bits per heavy atom. The van der Waals surface area contributed by atoms with Gasteiger partial charge in [-0.15, -0.1) is 0 Å². The third-order valence-corrected chi connectivity index (χ3v) is 2.60. The Balaban J connectivity index is 2.20. The number of halogens is 1. The number of ether oxygens (including phenoxy) is 1. The van der Waals surface area contributed by atoms with Gasteiger partial charge in [-0.2, -0.15) is 0 Å². The summed E-state index contributed by atoms with van der Waals surface area (Å²) in [7, 11) is 1.44. The van der Waals surface area contributed by atoms with Crippen LogP contribution in [0.5, 0.6) is 5.75 Å². The number of rotatable bonds is 2. The molecule has 1 aromatic rings. The molecule has 0 bridgehead atoms. The molecule has 1 saturated carbocycles. The molecule has 0 radical (unpaired) electrons. The Hall–Kier alpha value is -1.38. The van der Waals surface area contributed by atoms with E-state index >= 15 is 0 Å². The van der Waals surface area contributed by atoms with Gasteiger partial charge >= 0.3 is 0 Å². The minimum Gasteiger partial charge on any atom is -0.494 e. The highest BCUT2D eigenvalue weighted by molar-refractivity contribution is 5.86. The minimum atomic E-state index is -0.357. The largest absolute Gasteiger partial charge is 0.494 e. The highest BCUT2D eigenvalue weighted by Gasteiger charge is 2.28. The van der Waals surface area contributed by atoms with Crippen LogP contribution in [-0.4, -0.2) is 12.9 Å². The van der Waals surface area contributed by atoms with Gasteiger partial charge in [0.1, 0.15) is 5.78 Å². The molecule has 0 unspecified atom stereocenters. The van der Waals surface area contributed by atoms with Gasteiger partial charge in [0, 0.05) is 12.8 Å². The van der Waals surface area contributed by atoms with E-state index in [-0.39, 0.29) is 23.3 Å². The van der Waals surface area contributed by atoms with Crippen LogP contribution in [0.15, 0.2) is 18.2 Å². The van der Waals surface area contributed by atoms with E-state index in [0.717, 1.165) is 5.56 Å². The zero-order valence-electron chi connectivity index (χ0n) is 7.92. The van der Waals surface area contributed by atoms with Gasteiger partial charge < -0.3 is 4.74 Å². The first-order chi connectivity index (χ1) is 6.70. The van der Waals surface area contributed by atoms with Crippen LogP contribution in [0.1, 0.15) is 24.3 Å². The molecule has 0 heterocycles. The lowest BCUT2D eigenvalue weighted by molar-refractivity contribution is -0.124.